The molecule has 0 spiro atoms. The minimum atomic E-state index is -3.56. The number of fused-ring (bicyclic) bond motifs is 2. The number of H-pyrrole nitrogens is 1. The molecule has 30 heavy (non-hydrogen) atoms. The Labute approximate surface area is 178 Å². The zero-order valence-electron chi connectivity index (χ0n) is 16.3. The van der Waals surface area contributed by atoms with Gasteiger partial charge in [-0.1, -0.05) is 43.3 Å². The van der Waals surface area contributed by atoms with Gasteiger partial charge in [-0.2, -0.15) is 0 Å². The predicted octanol–water partition coefficient (Wildman–Crippen LogP) is 4.36. The molecule has 0 bridgehead atoms. The third-order valence-corrected chi connectivity index (χ3v) is 6.94. The molecule has 2 aromatic carbocycles. The van der Waals surface area contributed by atoms with Gasteiger partial charge in [0.15, 0.2) is 10.9 Å². The molecule has 0 aliphatic heterocycles. The molecule has 4 aromatic rings. The van der Waals surface area contributed by atoms with Crippen LogP contribution in [0.5, 0.6) is 0 Å². The van der Waals surface area contributed by atoms with Gasteiger partial charge in [0.1, 0.15) is 5.58 Å². The highest BCUT2D eigenvalue weighted by atomic mass is 32.2. The standard InChI is InChI=1S/C21H21N3O4S2/c1-2-3-10-22-30(26,27)15-8-9-16-17(12-15)24-21(23-16)29-13-18(25)20-11-14-6-4-5-7-19(14)28-20/h4-9,11-12,22H,2-3,10,13H2,1H3,(H,23,24). The second kappa shape index (κ2) is 8.63. The molecule has 0 saturated carbocycles. The summed E-state index contributed by atoms with van der Waals surface area (Å²) in [6.45, 7) is 2.41. The number of unbranched alkanes of at least 4 members (excludes halogenated alkanes) is 1. The van der Waals surface area contributed by atoms with Crippen LogP contribution in [-0.2, 0) is 10.0 Å². The SMILES string of the molecule is CCCCNS(=O)(=O)c1ccc2nc(SCC(=O)c3cc4ccccc4o3)[nH]c2c1. The molecule has 4 rings (SSSR count). The Morgan fingerprint density at radius 1 is 1.20 bits per heavy atom. The summed E-state index contributed by atoms with van der Waals surface area (Å²) in [5.41, 5.74) is 1.92. The second-order valence-electron chi connectivity index (χ2n) is 6.83. The number of furan rings is 1. The first-order valence-electron chi connectivity index (χ1n) is 9.60. The number of aromatic amines is 1. The number of sulfonamides is 1. The lowest BCUT2D eigenvalue weighted by Gasteiger charge is -2.05. The van der Waals surface area contributed by atoms with Crippen LogP contribution in [0, 0.1) is 0 Å². The number of hydrogen-bond acceptors (Lipinski definition) is 6. The molecule has 0 atom stereocenters. The minimum Gasteiger partial charge on any atom is -0.453 e. The molecule has 7 nitrogen and oxygen atoms in total. The summed E-state index contributed by atoms with van der Waals surface area (Å²) in [5, 5.41) is 1.43. The Bertz CT molecular complexity index is 1280. The van der Waals surface area contributed by atoms with E-state index in [-0.39, 0.29) is 16.4 Å². The van der Waals surface area contributed by atoms with Crippen LogP contribution >= 0.6 is 11.8 Å². The highest BCUT2D eigenvalue weighted by molar-refractivity contribution is 7.99. The van der Waals surface area contributed by atoms with Crippen molar-refractivity contribution in [3.05, 3.63) is 54.3 Å². The van der Waals surface area contributed by atoms with Gasteiger partial charge in [-0.05, 0) is 36.8 Å². The average molecular weight is 444 g/mol. The summed E-state index contributed by atoms with van der Waals surface area (Å²) in [4.78, 5) is 20.2. The summed E-state index contributed by atoms with van der Waals surface area (Å²) in [7, 11) is -3.56. The fourth-order valence-electron chi connectivity index (χ4n) is 2.99. The van der Waals surface area contributed by atoms with Crippen molar-refractivity contribution < 1.29 is 17.6 Å². The maximum absolute atomic E-state index is 12.5. The number of thioether (sulfide) groups is 1. The smallest absolute Gasteiger partial charge is 0.240 e. The number of Topliss-reactive ketones (excluding diaryl/α,β-unsaturated/α-hetero) is 1. The summed E-state index contributed by atoms with van der Waals surface area (Å²) in [6, 6.07) is 13.9. The first-order chi connectivity index (χ1) is 14.5. The lowest BCUT2D eigenvalue weighted by atomic mass is 10.2. The third-order valence-electron chi connectivity index (χ3n) is 4.60. The van der Waals surface area contributed by atoms with Crippen molar-refractivity contribution in [2.24, 2.45) is 0 Å². The van der Waals surface area contributed by atoms with E-state index >= 15 is 0 Å². The summed E-state index contributed by atoms with van der Waals surface area (Å²) < 4.78 is 33.0. The Kier molecular flexibility index (Phi) is 5.94. The molecule has 0 radical (unpaired) electrons. The number of aromatic nitrogens is 2. The van der Waals surface area contributed by atoms with Crippen LogP contribution in [0.25, 0.3) is 22.0 Å². The van der Waals surface area contributed by atoms with Crippen LogP contribution in [0.15, 0.2) is 63.0 Å². The number of hydrogen-bond donors (Lipinski definition) is 2. The first kappa shape index (κ1) is 20.6. The van der Waals surface area contributed by atoms with E-state index in [1.165, 1.54) is 17.8 Å². The van der Waals surface area contributed by atoms with Gasteiger partial charge < -0.3 is 9.40 Å². The average Bonchev–Trinajstić information content (AvgIpc) is 3.35. The van der Waals surface area contributed by atoms with Crippen molar-refractivity contribution in [2.45, 2.75) is 29.8 Å². The Balaban J connectivity index is 1.46. The number of para-hydroxylation sites is 1. The number of carbonyl (C=O) groups excluding carboxylic acids is 1. The van der Waals surface area contributed by atoms with E-state index in [0.29, 0.717) is 34.1 Å². The van der Waals surface area contributed by atoms with Gasteiger partial charge in [0, 0.05) is 11.9 Å². The van der Waals surface area contributed by atoms with Crippen molar-refractivity contribution in [2.75, 3.05) is 12.3 Å². The number of ketones is 1. The molecule has 0 aliphatic carbocycles. The first-order valence-corrected chi connectivity index (χ1v) is 12.1. The maximum Gasteiger partial charge on any atom is 0.240 e. The molecule has 2 heterocycles. The quantitative estimate of drug-likeness (QED) is 0.226. The van der Waals surface area contributed by atoms with E-state index < -0.39 is 10.0 Å². The van der Waals surface area contributed by atoms with E-state index in [4.69, 9.17) is 4.42 Å². The van der Waals surface area contributed by atoms with Gasteiger partial charge in [0.25, 0.3) is 0 Å². The van der Waals surface area contributed by atoms with Gasteiger partial charge in [-0.25, -0.2) is 18.1 Å². The van der Waals surface area contributed by atoms with E-state index in [1.54, 1.807) is 18.2 Å². The molecule has 2 aromatic heterocycles. The van der Waals surface area contributed by atoms with Crippen LogP contribution < -0.4 is 4.72 Å². The van der Waals surface area contributed by atoms with Crippen LogP contribution in [0.1, 0.15) is 30.3 Å². The van der Waals surface area contributed by atoms with E-state index in [0.717, 1.165) is 18.2 Å². The maximum atomic E-state index is 12.5. The van der Waals surface area contributed by atoms with Crippen LogP contribution in [-0.4, -0.2) is 36.5 Å². The molecule has 0 aliphatic rings. The lowest BCUT2D eigenvalue weighted by Crippen LogP contribution is -2.24. The highest BCUT2D eigenvalue weighted by Gasteiger charge is 2.17. The summed E-state index contributed by atoms with van der Waals surface area (Å²) >= 11 is 1.25. The topological polar surface area (TPSA) is 105 Å². The number of benzene rings is 2. The molecule has 0 saturated heterocycles. The fraction of sp³-hybridized carbons (Fsp3) is 0.238. The molecule has 2 N–H and O–H groups in total. The van der Waals surface area contributed by atoms with Gasteiger partial charge >= 0.3 is 0 Å². The number of nitrogens with zero attached hydrogens (tertiary/aromatic N) is 1. The number of imidazole rings is 1. The van der Waals surface area contributed by atoms with Crippen molar-refractivity contribution in [1.29, 1.82) is 0 Å². The number of carbonyl (C=O) groups is 1. The normalized spacial score (nSPS) is 12.0. The van der Waals surface area contributed by atoms with Crippen LogP contribution in [0.2, 0.25) is 0 Å². The largest absolute Gasteiger partial charge is 0.453 e. The zero-order valence-corrected chi connectivity index (χ0v) is 18.0. The molecule has 0 amide bonds. The number of rotatable bonds is 9. The Morgan fingerprint density at radius 2 is 2.03 bits per heavy atom. The van der Waals surface area contributed by atoms with Gasteiger partial charge in [0.2, 0.25) is 15.8 Å². The van der Waals surface area contributed by atoms with E-state index in [1.807, 2.05) is 31.2 Å². The van der Waals surface area contributed by atoms with E-state index in [2.05, 4.69) is 14.7 Å². The molecule has 9 heteroatoms. The monoisotopic (exact) mass is 443 g/mol. The van der Waals surface area contributed by atoms with Gasteiger partial charge in [-0.3, -0.25) is 4.79 Å². The Hall–Kier alpha value is -2.62. The predicted molar refractivity (Wildman–Crippen MR) is 117 cm³/mol. The fourth-order valence-corrected chi connectivity index (χ4v) is 4.85. The summed E-state index contributed by atoms with van der Waals surface area (Å²) in [6.07, 6.45) is 1.70. The molecule has 0 unspecified atom stereocenters. The molecule has 0 fully saturated rings. The van der Waals surface area contributed by atoms with Crippen molar-refractivity contribution in [3.8, 4) is 0 Å². The summed E-state index contributed by atoms with van der Waals surface area (Å²) in [5.74, 6) is 0.329. The molecule has 156 valence electrons. The highest BCUT2D eigenvalue weighted by Crippen LogP contribution is 2.24. The minimum absolute atomic E-state index is 0.139. The molecular formula is C21H21N3O4S2. The molecular weight excluding hydrogens is 422 g/mol. The van der Waals surface area contributed by atoms with E-state index in [9.17, 15) is 13.2 Å². The van der Waals surface area contributed by atoms with Crippen molar-refractivity contribution >= 4 is 49.6 Å². The second-order valence-corrected chi connectivity index (χ2v) is 9.56. The van der Waals surface area contributed by atoms with Gasteiger partial charge in [-0.15, -0.1) is 0 Å². The van der Waals surface area contributed by atoms with Crippen LogP contribution in [0.3, 0.4) is 0 Å². The zero-order chi connectivity index (χ0) is 21.1. The third kappa shape index (κ3) is 4.43. The van der Waals surface area contributed by atoms with Crippen molar-refractivity contribution in [1.82, 2.24) is 14.7 Å². The van der Waals surface area contributed by atoms with Gasteiger partial charge in [0.05, 0.1) is 21.7 Å². The number of nitrogens with one attached hydrogen (secondary N) is 2. The van der Waals surface area contributed by atoms with Crippen LogP contribution in [0.4, 0.5) is 0 Å². The Morgan fingerprint density at radius 3 is 2.83 bits per heavy atom. The van der Waals surface area contributed by atoms with Crippen molar-refractivity contribution in [3.63, 3.8) is 0 Å². The lowest BCUT2D eigenvalue weighted by molar-refractivity contribution is 0.0994.